The van der Waals surface area contributed by atoms with E-state index in [2.05, 4.69) is 4.98 Å². The first-order valence-electron chi connectivity index (χ1n) is 6.03. The highest BCUT2D eigenvalue weighted by atomic mass is 32.1. The number of thiazole rings is 1. The summed E-state index contributed by atoms with van der Waals surface area (Å²) in [5.74, 6) is -1.18. The first kappa shape index (κ1) is 13.1. The van der Waals surface area contributed by atoms with Crippen molar-refractivity contribution < 1.29 is 13.2 Å². The minimum absolute atomic E-state index is 0.133. The quantitative estimate of drug-likeness (QED) is 0.734. The van der Waals surface area contributed by atoms with Crippen LogP contribution < -0.4 is 0 Å². The summed E-state index contributed by atoms with van der Waals surface area (Å²) in [7, 11) is 0. The molecule has 1 aliphatic carbocycles. The van der Waals surface area contributed by atoms with Gasteiger partial charge in [-0.25, -0.2) is 4.98 Å². The standard InChI is InChI=1S/C13H12F3NS2/c1-7-5-19-12(17-7)10-6-18-11-4-8(13(14,15)16)2-3-9(10)11/h5-6,8H,2-4H2,1H3/t8-/m0/s1. The van der Waals surface area contributed by atoms with Crippen molar-refractivity contribution in [3.63, 3.8) is 0 Å². The molecule has 0 N–H and O–H groups in total. The van der Waals surface area contributed by atoms with Gasteiger partial charge < -0.3 is 0 Å². The number of halogens is 3. The van der Waals surface area contributed by atoms with Gasteiger partial charge in [-0.1, -0.05) is 0 Å². The zero-order valence-corrected chi connectivity index (χ0v) is 11.9. The number of nitrogens with zero attached hydrogens (tertiary/aromatic N) is 1. The van der Waals surface area contributed by atoms with E-state index in [0.29, 0.717) is 6.42 Å². The molecule has 6 heteroatoms. The van der Waals surface area contributed by atoms with Crippen LogP contribution in [0.25, 0.3) is 10.6 Å². The SMILES string of the molecule is Cc1csc(-c2csc3c2CC[C@H](C(F)(F)F)C3)n1. The van der Waals surface area contributed by atoms with Crippen molar-refractivity contribution >= 4 is 22.7 Å². The Morgan fingerprint density at radius 3 is 2.68 bits per heavy atom. The molecule has 0 aromatic carbocycles. The molecule has 0 spiro atoms. The predicted molar refractivity (Wildman–Crippen MR) is 71.7 cm³/mol. The van der Waals surface area contributed by atoms with Crippen molar-refractivity contribution in [2.24, 2.45) is 5.92 Å². The summed E-state index contributed by atoms with van der Waals surface area (Å²) in [5, 5.41) is 4.86. The topological polar surface area (TPSA) is 12.9 Å². The molecule has 2 aromatic heterocycles. The minimum atomic E-state index is -4.07. The van der Waals surface area contributed by atoms with Gasteiger partial charge in [0.1, 0.15) is 5.01 Å². The van der Waals surface area contributed by atoms with Crippen LogP contribution in [-0.4, -0.2) is 11.2 Å². The first-order valence-corrected chi connectivity index (χ1v) is 7.79. The van der Waals surface area contributed by atoms with Crippen molar-refractivity contribution in [1.82, 2.24) is 4.98 Å². The molecule has 102 valence electrons. The lowest BCUT2D eigenvalue weighted by molar-refractivity contribution is -0.176. The summed E-state index contributed by atoms with van der Waals surface area (Å²) in [6, 6.07) is 0. The second-order valence-electron chi connectivity index (χ2n) is 4.83. The highest BCUT2D eigenvalue weighted by Gasteiger charge is 2.42. The fourth-order valence-corrected chi connectivity index (χ4v) is 4.53. The van der Waals surface area contributed by atoms with E-state index in [-0.39, 0.29) is 12.8 Å². The average molecular weight is 303 g/mol. The monoisotopic (exact) mass is 303 g/mol. The molecule has 2 heterocycles. The van der Waals surface area contributed by atoms with Gasteiger partial charge in [-0.2, -0.15) is 13.2 Å². The van der Waals surface area contributed by atoms with Gasteiger partial charge in [0.25, 0.3) is 0 Å². The molecule has 0 radical (unpaired) electrons. The maximum absolute atomic E-state index is 12.8. The predicted octanol–water partition coefficient (Wildman–Crippen LogP) is 4.85. The molecule has 1 aliphatic rings. The molecule has 2 aromatic rings. The highest BCUT2D eigenvalue weighted by molar-refractivity contribution is 7.14. The summed E-state index contributed by atoms with van der Waals surface area (Å²) in [5.41, 5.74) is 3.09. The van der Waals surface area contributed by atoms with E-state index in [1.165, 1.54) is 11.3 Å². The zero-order valence-electron chi connectivity index (χ0n) is 10.3. The Bertz CT molecular complexity index is 597. The number of hydrogen-bond donors (Lipinski definition) is 0. The molecule has 0 bridgehead atoms. The number of aromatic nitrogens is 1. The summed E-state index contributed by atoms with van der Waals surface area (Å²) >= 11 is 3.00. The number of fused-ring (bicyclic) bond motifs is 1. The van der Waals surface area contributed by atoms with Gasteiger partial charge in [-0.15, -0.1) is 22.7 Å². The Morgan fingerprint density at radius 2 is 2.05 bits per heavy atom. The largest absolute Gasteiger partial charge is 0.392 e. The fourth-order valence-electron chi connectivity index (χ4n) is 2.45. The summed E-state index contributed by atoms with van der Waals surface area (Å²) < 4.78 is 38.3. The van der Waals surface area contributed by atoms with Crippen molar-refractivity contribution in [3.8, 4) is 10.6 Å². The van der Waals surface area contributed by atoms with E-state index in [1.54, 1.807) is 11.3 Å². The van der Waals surface area contributed by atoms with Crippen LogP contribution in [0.1, 0.15) is 22.6 Å². The van der Waals surface area contributed by atoms with Gasteiger partial charge in [0.15, 0.2) is 0 Å². The van der Waals surface area contributed by atoms with E-state index < -0.39 is 12.1 Å². The lowest BCUT2D eigenvalue weighted by Gasteiger charge is -2.24. The number of thiophene rings is 1. The second-order valence-corrected chi connectivity index (χ2v) is 6.65. The second kappa shape index (κ2) is 4.59. The van der Waals surface area contributed by atoms with Crippen LogP contribution in [0.2, 0.25) is 0 Å². The van der Waals surface area contributed by atoms with Crippen LogP contribution in [0.3, 0.4) is 0 Å². The summed E-state index contributed by atoms with van der Waals surface area (Å²) in [4.78, 5) is 5.32. The van der Waals surface area contributed by atoms with Gasteiger partial charge in [0.2, 0.25) is 0 Å². The van der Waals surface area contributed by atoms with E-state index in [0.717, 1.165) is 26.7 Å². The Hall–Kier alpha value is -0.880. The van der Waals surface area contributed by atoms with Gasteiger partial charge in [-0.05, 0) is 31.7 Å². The van der Waals surface area contributed by atoms with Gasteiger partial charge >= 0.3 is 6.18 Å². The van der Waals surface area contributed by atoms with Crippen LogP contribution in [0.15, 0.2) is 10.8 Å². The van der Waals surface area contributed by atoms with E-state index in [4.69, 9.17) is 0 Å². The van der Waals surface area contributed by atoms with Crippen molar-refractivity contribution in [3.05, 3.63) is 26.9 Å². The van der Waals surface area contributed by atoms with Gasteiger partial charge in [0.05, 0.1) is 5.92 Å². The van der Waals surface area contributed by atoms with Gasteiger partial charge in [0, 0.05) is 26.9 Å². The molecule has 0 aliphatic heterocycles. The van der Waals surface area contributed by atoms with Crippen molar-refractivity contribution in [1.29, 1.82) is 0 Å². The maximum atomic E-state index is 12.8. The van der Waals surface area contributed by atoms with Crippen LogP contribution in [0.5, 0.6) is 0 Å². The van der Waals surface area contributed by atoms with E-state index >= 15 is 0 Å². The van der Waals surface area contributed by atoms with Crippen LogP contribution in [-0.2, 0) is 12.8 Å². The number of alkyl halides is 3. The molecule has 0 saturated heterocycles. The Labute approximate surface area is 117 Å². The fraction of sp³-hybridized carbons (Fsp3) is 0.462. The molecule has 1 atom stereocenters. The summed E-state index contributed by atoms with van der Waals surface area (Å²) in [6.45, 7) is 1.93. The lowest BCUT2D eigenvalue weighted by atomic mass is 9.87. The molecular formula is C13H12F3NS2. The van der Waals surface area contributed by atoms with E-state index in [1.807, 2.05) is 17.7 Å². The smallest absolute Gasteiger partial charge is 0.241 e. The highest BCUT2D eigenvalue weighted by Crippen LogP contribution is 2.43. The van der Waals surface area contributed by atoms with Crippen LogP contribution >= 0.6 is 22.7 Å². The number of aryl methyl sites for hydroxylation is 1. The molecule has 0 unspecified atom stereocenters. The van der Waals surface area contributed by atoms with Crippen LogP contribution in [0, 0.1) is 12.8 Å². The maximum Gasteiger partial charge on any atom is 0.392 e. The van der Waals surface area contributed by atoms with E-state index in [9.17, 15) is 13.2 Å². The van der Waals surface area contributed by atoms with Crippen molar-refractivity contribution in [2.45, 2.75) is 32.4 Å². The Morgan fingerprint density at radius 1 is 1.26 bits per heavy atom. The number of rotatable bonds is 1. The van der Waals surface area contributed by atoms with Crippen molar-refractivity contribution in [2.75, 3.05) is 0 Å². The third kappa shape index (κ3) is 2.43. The molecule has 1 nitrogen and oxygen atoms in total. The third-order valence-electron chi connectivity index (χ3n) is 3.47. The minimum Gasteiger partial charge on any atom is -0.241 e. The Kier molecular flexibility index (Phi) is 3.17. The number of hydrogen-bond acceptors (Lipinski definition) is 3. The summed E-state index contributed by atoms with van der Waals surface area (Å²) in [6.07, 6.45) is -3.23. The zero-order chi connectivity index (χ0) is 13.6. The first-order chi connectivity index (χ1) is 8.95. The average Bonchev–Trinajstić information content (AvgIpc) is 2.92. The molecule has 0 saturated carbocycles. The lowest BCUT2D eigenvalue weighted by Crippen LogP contribution is -2.28. The Balaban J connectivity index is 1.92. The van der Waals surface area contributed by atoms with Crippen LogP contribution in [0.4, 0.5) is 13.2 Å². The molecule has 3 rings (SSSR count). The molecule has 0 amide bonds. The molecular weight excluding hydrogens is 291 g/mol. The molecule has 0 fully saturated rings. The normalized spacial score (nSPS) is 19.5. The molecule has 19 heavy (non-hydrogen) atoms. The van der Waals surface area contributed by atoms with Gasteiger partial charge in [-0.3, -0.25) is 0 Å². The third-order valence-corrected chi connectivity index (χ3v) is 5.51.